The van der Waals surface area contributed by atoms with Gasteiger partial charge in [0.1, 0.15) is 12.6 Å². The van der Waals surface area contributed by atoms with E-state index >= 15 is 0 Å². The molecular formula is C16H20N2O3. The molecule has 0 fully saturated rings. The van der Waals surface area contributed by atoms with Crippen molar-refractivity contribution in [1.82, 2.24) is 9.88 Å². The number of para-hydroxylation sites is 1. The molecule has 0 aliphatic heterocycles. The molecule has 0 radical (unpaired) electrons. The molecule has 2 rings (SSSR count). The highest BCUT2D eigenvalue weighted by atomic mass is 16.5. The lowest BCUT2D eigenvalue weighted by molar-refractivity contribution is -0.146. The van der Waals surface area contributed by atoms with Gasteiger partial charge in [0, 0.05) is 11.2 Å². The van der Waals surface area contributed by atoms with Gasteiger partial charge in [-0.15, -0.1) is 0 Å². The van der Waals surface area contributed by atoms with Gasteiger partial charge >= 0.3 is 5.97 Å². The van der Waals surface area contributed by atoms with Gasteiger partial charge in [0.15, 0.2) is 0 Å². The molecule has 0 spiro atoms. The van der Waals surface area contributed by atoms with Crippen LogP contribution in [0, 0.1) is 6.92 Å². The summed E-state index contributed by atoms with van der Waals surface area (Å²) in [4.78, 5) is 23.6. The summed E-state index contributed by atoms with van der Waals surface area (Å²) in [5.41, 5.74) is 2.02. The summed E-state index contributed by atoms with van der Waals surface area (Å²) < 4.78 is 6.81. The van der Waals surface area contributed by atoms with Crippen LogP contribution in [-0.4, -0.2) is 29.1 Å². The number of nitrogens with zero attached hydrogens (tertiary/aromatic N) is 1. The van der Waals surface area contributed by atoms with Crippen molar-refractivity contribution in [2.24, 2.45) is 0 Å². The summed E-state index contributed by atoms with van der Waals surface area (Å²) in [6, 6.07) is 9.30. The number of carbonyl (C=O) groups is 2. The number of fused-ring (bicyclic) bond motifs is 1. The molecular weight excluding hydrogens is 268 g/mol. The number of ether oxygens (including phenoxy) is 1. The second kappa shape index (κ2) is 6.43. The third kappa shape index (κ3) is 3.42. The molecule has 5 nitrogen and oxygen atoms in total. The maximum absolute atomic E-state index is 12.1. The van der Waals surface area contributed by atoms with E-state index in [1.54, 1.807) is 13.8 Å². The zero-order valence-electron chi connectivity index (χ0n) is 12.6. The zero-order valence-corrected chi connectivity index (χ0v) is 12.6. The van der Waals surface area contributed by atoms with Crippen molar-refractivity contribution in [2.75, 3.05) is 6.61 Å². The Morgan fingerprint density at radius 1 is 1.33 bits per heavy atom. The molecule has 0 saturated heterocycles. The van der Waals surface area contributed by atoms with E-state index in [-0.39, 0.29) is 12.5 Å². The van der Waals surface area contributed by atoms with Crippen molar-refractivity contribution in [3.63, 3.8) is 0 Å². The molecule has 2 aromatic rings. The van der Waals surface area contributed by atoms with Gasteiger partial charge in [-0.2, -0.15) is 0 Å². The van der Waals surface area contributed by atoms with E-state index < -0.39 is 12.0 Å². The number of hydrogen-bond donors (Lipinski definition) is 1. The summed E-state index contributed by atoms with van der Waals surface area (Å²) in [6.07, 6.45) is 0. The number of amides is 1. The van der Waals surface area contributed by atoms with Crippen LogP contribution in [0.1, 0.15) is 19.5 Å². The van der Waals surface area contributed by atoms with Gasteiger partial charge < -0.3 is 14.6 Å². The Morgan fingerprint density at radius 3 is 2.76 bits per heavy atom. The third-order valence-corrected chi connectivity index (χ3v) is 3.34. The Labute approximate surface area is 123 Å². The van der Waals surface area contributed by atoms with Gasteiger partial charge in [0.2, 0.25) is 5.91 Å². The lowest BCUT2D eigenvalue weighted by Crippen LogP contribution is -2.41. The van der Waals surface area contributed by atoms with Crippen molar-refractivity contribution < 1.29 is 14.3 Å². The molecule has 0 bridgehead atoms. The van der Waals surface area contributed by atoms with Crippen LogP contribution in [0.3, 0.4) is 0 Å². The van der Waals surface area contributed by atoms with Crippen LogP contribution in [0.5, 0.6) is 0 Å². The van der Waals surface area contributed by atoms with Crippen molar-refractivity contribution in [3.05, 3.63) is 36.0 Å². The number of hydrogen-bond acceptors (Lipinski definition) is 3. The van der Waals surface area contributed by atoms with Crippen LogP contribution in [0.2, 0.25) is 0 Å². The van der Waals surface area contributed by atoms with Crippen LogP contribution in [0.4, 0.5) is 0 Å². The molecule has 1 N–H and O–H groups in total. The van der Waals surface area contributed by atoms with E-state index in [0.717, 1.165) is 16.6 Å². The molecule has 21 heavy (non-hydrogen) atoms. The van der Waals surface area contributed by atoms with Crippen molar-refractivity contribution in [2.45, 2.75) is 33.4 Å². The molecule has 0 aliphatic carbocycles. The zero-order chi connectivity index (χ0) is 15.4. The molecule has 1 aromatic carbocycles. The van der Waals surface area contributed by atoms with Gasteiger partial charge in [-0.05, 0) is 38.3 Å². The molecule has 5 heteroatoms. The lowest BCUT2D eigenvalue weighted by Gasteiger charge is -2.14. The average molecular weight is 288 g/mol. The van der Waals surface area contributed by atoms with Crippen LogP contribution in [0.15, 0.2) is 30.3 Å². The first kappa shape index (κ1) is 15.1. The Morgan fingerprint density at radius 2 is 2.05 bits per heavy atom. The largest absolute Gasteiger partial charge is 0.464 e. The van der Waals surface area contributed by atoms with E-state index in [9.17, 15) is 9.59 Å². The van der Waals surface area contributed by atoms with E-state index in [0.29, 0.717) is 6.61 Å². The number of benzene rings is 1. The van der Waals surface area contributed by atoms with Gasteiger partial charge in [0.25, 0.3) is 0 Å². The highest BCUT2D eigenvalue weighted by Gasteiger charge is 2.17. The second-order valence-corrected chi connectivity index (χ2v) is 4.97. The fourth-order valence-corrected chi connectivity index (χ4v) is 2.32. The molecule has 0 aliphatic rings. The molecule has 1 unspecified atom stereocenters. The monoisotopic (exact) mass is 288 g/mol. The molecule has 112 valence electrons. The first-order chi connectivity index (χ1) is 10.0. The minimum atomic E-state index is -0.639. The lowest BCUT2D eigenvalue weighted by atomic mass is 10.2. The first-order valence-electron chi connectivity index (χ1n) is 7.03. The number of nitrogens with one attached hydrogen (secondary N) is 1. The summed E-state index contributed by atoms with van der Waals surface area (Å²) >= 11 is 0. The molecule has 1 atom stereocenters. The number of carbonyl (C=O) groups excluding carboxylic acids is 2. The Kier molecular flexibility index (Phi) is 4.62. The third-order valence-electron chi connectivity index (χ3n) is 3.34. The van der Waals surface area contributed by atoms with Gasteiger partial charge in [-0.3, -0.25) is 4.79 Å². The molecule has 0 saturated carbocycles. The predicted octanol–water partition coefficient (Wildman–Crippen LogP) is 2.02. The van der Waals surface area contributed by atoms with E-state index in [1.807, 2.05) is 41.8 Å². The van der Waals surface area contributed by atoms with Crippen molar-refractivity contribution in [3.8, 4) is 0 Å². The topological polar surface area (TPSA) is 60.3 Å². The first-order valence-corrected chi connectivity index (χ1v) is 7.03. The predicted molar refractivity (Wildman–Crippen MR) is 80.9 cm³/mol. The highest BCUT2D eigenvalue weighted by molar-refractivity contribution is 5.86. The smallest absolute Gasteiger partial charge is 0.328 e. The maximum atomic E-state index is 12.1. The summed E-state index contributed by atoms with van der Waals surface area (Å²) in [5, 5.41) is 3.76. The SMILES string of the molecule is CCOC(=O)C(C)NC(=O)Cn1c(C)cc2ccccc21. The number of aryl methyl sites for hydroxylation is 1. The summed E-state index contributed by atoms with van der Waals surface area (Å²) in [6.45, 7) is 5.81. The van der Waals surface area contributed by atoms with Crippen LogP contribution in [-0.2, 0) is 20.9 Å². The standard InChI is InChI=1S/C16H20N2O3/c1-4-21-16(20)12(3)17-15(19)10-18-11(2)9-13-7-5-6-8-14(13)18/h5-9,12H,4,10H2,1-3H3,(H,17,19). The van der Waals surface area contributed by atoms with Gasteiger partial charge in [0.05, 0.1) is 6.61 Å². The molecule has 1 aromatic heterocycles. The fraction of sp³-hybridized carbons (Fsp3) is 0.375. The van der Waals surface area contributed by atoms with E-state index in [2.05, 4.69) is 5.32 Å². The maximum Gasteiger partial charge on any atom is 0.328 e. The van der Waals surface area contributed by atoms with Crippen molar-refractivity contribution in [1.29, 1.82) is 0 Å². The average Bonchev–Trinajstić information content (AvgIpc) is 2.75. The van der Waals surface area contributed by atoms with E-state index in [1.165, 1.54) is 0 Å². The Hall–Kier alpha value is -2.30. The second-order valence-electron chi connectivity index (χ2n) is 4.97. The van der Waals surface area contributed by atoms with Crippen molar-refractivity contribution >= 4 is 22.8 Å². The molecule has 1 heterocycles. The normalized spacial score (nSPS) is 12.1. The summed E-state index contributed by atoms with van der Waals surface area (Å²) in [5.74, 6) is -0.625. The van der Waals surface area contributed by atoms with Crippen LogP contribution < -0.4 is 5.32 Å². The summed E-state index contributed by atoms with van der Waals surface area (Å²) in [7, 11) is 0. The fourth-order valence-electron chi connectivity index (χ4n) is 2.32. The molecule has 1 amide bonds. The number of esters is 1. The number of aromatic nitrogens is 1. The van der Waals surface area contributed by atoms with Gasteiger partial charge in [-0.1, -0.05) is 18.2 Å². The quantitative estimate of drug-likeness (QED) is 0.856. The van der Waals surface area contributed by atoms with E-state index in [4.69, 9.17) is 4.74 Å². The highest BCUT2D eigenvalue weighted by Crippen LogP contribution is 2.18. The Balaban J connectivity index is 2.08. The van der Waals surface area contributed by atoms with Crippen LogP contribution >= 0.6 is 0 Å². The van der Waals surface area contributed by atoms with Crippen LogP contribution in [0.25, 0.3) is 10.9 Å². The van der Waals surface area contributed by atoms with Gasteiger partial charge in [-0.25, -0.2) is 4.79 Å². The minimum absolute atomic E-state index is 0.184. The number of rotatable bonds is 5. The Bertz CT molecular complexity index is 661. The minimum Gasteiger partial charge on any atom is -0.464 e.